The molecule has 0 radical (unpaired) electrons. The fourth-order valence-corrected chi connectivity index (χ4v) is 4.59. The van der Waals surface area contributed by atoms with Crippen LogP contribution in [0, 0.1) is 11.7 Å². The van der Waals surface area contributed by atoms with Crippen LogP contribution >= 0.6 is 23.4 Å². The highest BCUT2D eigenvalue weighted by Gasteiger charge is 2.25. The number of hydrogen-bond donors (Lipinski definition) is 0. The molecule has 0 bridgehead atoms. The second-order valence-corrected chi connectivity index (χ2v) is 7.83. The predicted molar refractivity (Wildman–Crippen MR) is 105 cm³/mol. The van der Waals surface area contributed by atoms with E-state index in [0.717, 1.165) is 28.6 Å². The first-order valence-corrected chi connectivity index (χ1v) is 10.0. The van der Waals surface area contributed by atoms with Crippen molar-refractivity contribution in [1.82, 2.24) is 0 Å². The van der Waals surface area contributed by atoms with Gasteiger partial charge in [0, 0.05) is 22.9 Å². The molecule has 3 rings (SSSR count). The van der Waals surface area contributed by atoms with Gasteiger partial charge in [0.2, 0.25) is 0 Å². The molecular formula is C20H23ClFNOS. The third-order valence-corrected chi connectivity index (χ3v) is 6.12. The van der Waals surface area contributed by atoms with Crippen LogP contribution in [-0.2, 0) is 0 Å². The Kier molecular flexibility index (Phi) is 6.13. The molecule has 1 heterocycles. The number of benzene rings is 2. The van der Waals surface area contributed by atoms with Gasteiger partial charge in [0.1, 0.15) is 11.6 Å². The highest BCUT2D eigenvalue weighted by molar-refractivity contribution is 7.99. The molecule has 2 aromatic rings. The van der Waals surface area contributed by atoms with E-state index in [1.54, 1.807) is 7.11 Å². The third kappa shape index (κ3) is 4.24. The van der Waals surface area contributed by atoms with E-state index in [0.29, 0.717) is 16.7 Å². The molecule has 134 valence electrons. The average molecular weight is 380 g/mol. The number of ether oxygens (including phenoxy) is 1. The second kappa shape index (κ2) is 8.33. The van der Waals surface area contributed by atoms with Gasteiger partial charge in [-0.05, 0) is 48.7 Å². The summed E-state index contributed by atoms with van der Waals surface area (Å²) in [4.78, 5) is 3.42. The van der Waals surface area contributed by atoms with Gasteiger partial charge in [0.15, 0.2) is 0 Å². The van der Waals surface area contributed by atoms with Crippen molar-refractivity contribution in [3.8, 4) is 5.75 Å². The summed E-state index contributed by atoms with van der Waals surface area (Å²) in [5, 5.41) is 0.598. The van der Waals surface area contributed by atoms with E-state index in [4.69, 9.17) is 16.3 Å². The Morgan fingerprint density at radius 1 is 1.28 bits per heavy atom. The molecule has 0 N–H and O–H groups in total. The van der Waals surface area contributed by atoms with Gasteiger partial charge < -0.3 is 9.64 Å². The van der Waals surface area contributed by atoms with Crippen LogP contribution in [0.2, 0.25) is 5.02 Å². The second-order valence-electron chi connectivity index (χ2n) is 6.36. The molecule has 1 unspecified atom stereocenters. The zero-order valence-corrected chi connectivity index (χ0v) is 16.2. The molecule has 25 heavy (non-hydrogen) atoms. The van der Waals surface area contributed by atoms with Gasteiger partial charge in [-0.2, -0.15) is 0 Å². The molecule has 2 aromatic carbocycles. The first kappa shape index (κ1) is 18.4. The number of hydrogen-bond acceptors (Lipinski definition) is 3. The van der Waals surface area contributed by atoms with Crippen LogP contribution in [-0.4, -0.2) is 19.4 Å². The third-order valence-electron chi connectivity index (χ3n) is 4.54. The normalized spacial score (nSPS) is 17.1. The van der Waals surface area contributed by atoms with Crippen molar-refractivity contribution in [2.75, 3.05) is 24.3 Å². The van der Waals surface area contributed by atoms with Gasteiger partial charge in [-0.1, -0.05) is 31.4 Å². The monoisotopic (exact) mass is 379 g/mol. The minimum absolute atomic E-state index is 0.219. The van der Waals surface area contributed by atoms with E-state index in [1.807, 2.05) is 36.0 Å². The topological polar surface area (TPSA) is 12.5 Å². The molecule has 0 aromatic heterocycles. The lowest BCUT2D eigenvalue weighted by Crippen LogP contribution is -2.25. The lowest BCUT2D eigenvalue weighted by molar-refractivity contribution is 0.414. The molecule has 0 saturated carbocycles. The first-order chi connectivity index (χ1) is 12.1. The first-order valence-electron chi connectivity index (χ1n) is 8.65. The van der Waals surface area contributed by atoms with Crippen LogP contribution in [0.5, 0.6) is 5.75 Å². The summed E-state index contributed by atoms with van der Waals surface area (Å²) in [6, 6.07) is 10.7. The number of nitrogens with zero attached hydrogens (tertiary/aromatic N) is 1. The van der Waals surface area contributed by atoms with Crippen molar-refractivity contribution in [2.24, 2.45) is 5.92 Å². The van der Waals surface area contributed by atoms with Crippen molar-refractivity contribution >= 4 is 34.7 Å². The lowest BCUT2D eigenvalue weighted by Gasteiger charge is -2.28. The number of anilines is 2. The molecule has 5 heteroatoms. The summed E-state index contributed by atoms with van der Waals surface area (Å²) in [6.07, 6.45) is 3.62. The molecule has 0 saturated heterocycles. The van der Waals surface area contributed by atoms with Crippen LogP contribution in [0.1, 0.15) is 26.2 Å². The minimum atomic E-state index is -0.219. The number of unbranched alkanes of at least 4 members (excludes halogenated alkanes) is 1. The maximum Gasteiger partial charge on any atom is 0.138 e. The van der Waals surface area contributed by atoms with E-state index in [-0.39, 0.29) is 5.82 Å². The Morgan fingerprint density at radius 2 is 2.04 bits per heavy atom. The Balaban J connectivity index is 2.01. The Hall–Kier alpha value is -1.39. The fourth-order valence-electron chi connectivity index (χ4n) is 3.16. The molecule has 1 atom stereocenters. The summed E-state index contributed by atoms with van der Waals surface area (Å²) in [5.74, 6) is 2.12. The van der Waals surface area contributed by atoms with E-state index in [2.05, 4.69) is 11.8 Å². The Morgan fingerprint density at radius 3 is 2.72 bits per heavy atom. The maximum atomic E-state index is 13.4. The predicted octanol–water partition coefficient (Wildman–Crippen LogP) is 6.54. The molecule has 0 aliphatic carbocycles. The van der Waals surface area contributed by atoms with Gasteiger partial charge in [-0.15, -0.1) is 11.8 Å². The number of thioether (sulfide) groups is 1. The average Bonchev–Trinajstić information content (AvgIpc) is 2.79. The van der Waals surface area contributed by atoms with E-state index in [1.165, 1.54) is 31.4 Å². The number of halogens is 2. The highest BCUT2D eigenvalue weighted by Crippen LogP contribution is 2.44. The number of rotatable bonds is 5. The fraction of sp³-hybridized carbons (Fsp3) is 0.400. The van der Waals surface area contributed by atoms with Gasteiger partial charge in [0.25, 0.3) is 0 Å². The summed E-state index contributed by atoms with van der Waals surface area (Å²) in [5.41, 5.74) is 2.06. The zero-order chi connectivity index (χ0) is 17.8. The highest BCUT2D eigenvalue weighted by atomic mass is 35.5. The van der Waals surface area contributed by atoms with Crippen molar-refractivity contribution in [2.45, 2.75) is 31.1 Å². The molecule has 1 aliphatic rings. The maximum absolute atomic E-state index is 13.4. The van der Waals surface area contributed by atoms with Crippen molar-refractivity contribution < 1.29 is 9.13 Å². The SMILES string of the molecule is CCCCC1CSc2cc(OC)c(Cl)cc2N(c2ccc(F)cc2)C1. The summed E-state index contributed by atoms with van der Waals surface area (Å²) in [6.45, 7) is 3.13. The Labute approximate surface area is 158 Å². The molecule has 2 nitrogen and oxygen atoms in total. The van der Waals surface area contributed by atoms with Crippen molar-refractivity contribution in [3.63, 3.8) is 0 Å². The lowest BCUT2D eigenvalue weighted by atomic mass is 10.0. The van der Waals surface area contributed by atoms with Crippen molar-refractivity contribution in [1.29, 1.82) is 0 Å². The quantitative estimate of drug-likeness (QED) is 0.585. The summed E-state index contributed by atoms with van der Waals surface area (Å²) in [7, 11) is 1.64. The molecule has 0 spiro atoms. The number of methoxy groups -OCH3 is 1. The van der Waals surface area contributed by atoms with E-state index < -0.39 is 0 Å². The van der Waals surface area contributed by atoms with E-state index in [9.17, 15) is 4.39 Å². The van der Waals surface area contributed by atoms with Crippen LogP contribution < -0.4 is 9.64 Å². The van der Waals surface area contributed by atoms with Gasteiger partial charge in [-0.3, -0.25) is 0 Å². The van der Waals surface area contributed by atoms with Crippen LogP contribution in [0.15, 0.2) is 41.3 Å². The van der Waals surface area contributed by atoms with Crippen LogP contribution in [0.3, 0.4) is 0 Å². The van der Waals surface area contributed by atoms with Crippen LogP contribution in [0.25, 0.3) is 0 Å². The van der Waals surface area contributed by atoms with E-state index >= 15 is 0 Å². The van der Waals surface area contributed by atoms with Crippen molar-refractivity contribution in [3.05, 3.63) is 47.2 Å². The van der Waals surface area contributed by atoms with Crippen LogP contribution in [0.4, 0.5) is 15.8 Å². The van der Waals surface area contributed by atoms with Gasteiger partial charge in [-0.25, -0.2) is 4.39 Å². The largest absolute Gasteiger partial charge is 0.495 e. The van der Waals surface area contributed by atoms with Gasteiger partial charge >= 0.3 is 0 Å². The standard InChI is InChI=1S/C20H23ClFNOS/c1-3-4-5-14-12-23(16-8-6-15(22)7-9-16)18-10-17(21)19(24-2)11-20(18)25-13-14/h6-11,14H,3-5,12-13H2,1-2H3. The smallest absolute Gasteiger partial charge is 0.138 e. The zero-order valence-electron chi connectivity index (χ0n) is 14.6. The number of fused-ring (bicyclic) bond motifs is 1. The molecule has 0 amide bonds. The summed E-state index contributed by atoms with van der Waals surface area (Å²) < 4.78 is 18.8. The summed E-state index contributed by atoms with van der Waals surface area (Å²) >= 11 is 8.25. The van der Waals surface area contributed by atoms with Gasteiger partial charge in [0.05, 0.1) is 17.8 Å². The molecule has 0 fully saturated rings. The molecular weight excluding hydrogens is 357 g/mol. The molecule has 1 aliphatic heterocycles. The Bertz CT molecular complexity index is 722. The minimum Gasteiger partial charge on any atom is -0.495 e.